The molecule has 9 rings (SSSR count). The zero-order valence-corrected chi connectivity index (χ0v) is 35.6. The van der Waals surface area contributed by atoms with E-state index < -0.39 is 23.7 Å². The van der Waals surface area contributed by atoms with Crippen LogP contribution in [0.15, 0.2) is 78.1 Å². The number of nitrogens with one attached hydrogen (secondary N) is 3. The molecule has 4 aromatic rings. The smallest absolute Gasteiger partial charge is 0.407 e. The van der Waals surface area contributed by atoms with E-state index in [9.17, 15) is 14.4 Å². The Morgan fingerprint density at radius 3 is 1.93 bits per heavy atom. The van der Waals surface area contributed by atoms with Crippen LogP contribution in [0, 0.1) is 23.7 Å². The van der Waals surface area contributed by atoms with E-state index >= 15 is 0 Å². The molecule has 2 saturated heterocycles. The zero-order chi connectivity index (χ0) is 42.1. The summed E-state index contributed by atoms with van der Waals surface area (Å²) in [5, 5.41) is 6.01. The van der Waals surface area contributed by atoms with E-state index in [2.05, 4.69) is 102 Å². The number of piperidine rings is 2. The number of aromatic nitrogens is 2. The van der Waals surface area contributed by atoms with Gasteiger partial charge in [0.25, 0.3) is 0 Å². The Bertz CT molecular complexity index is 2400. The average molecular weight is 812 g/mol. The molecule has 4 bridgehead atoms. The van der Waals surface area contributed by atoms with Crippen molar-refractivity contribution in [1.29, 1.82) is 0 Å². The number of fused-ring (bicyclic) bond motifs is 6. The van der Waals surface area contributed by atoms with Crippen molar-refractivity contribution in [3.05, 3.63) is 84.5 Å². The van der Waals surface area contributed by atoms with E-state index in [4.69, 9.17) is 19.5 Å². The lowest BCUT2D eigenvalue weighted by molar-refractivity contribution is -0.140. The molecule has 0 radical (unpaired) electrons. The second-order valence-corrected chi connectivity index (χ2v) is 18.5. The van der Waals surface area contributed by atoms with Crippen molar-refractivity contribution >= 4 is 40.3 Å². The Labute approximate surface area is 352 Å². The quantitative estimate of drug-likeness (QED) is 0.124. The molecule has 3 amide bonds. The van der Waals surface area contributed by atoms with Gasteiger partial charge >= 0.3 is 6.09 Å². The molecule has 6 atom stereocenters. The second-order valence-electron chi connectivity index (χ2n) is 18.5. The van der Waals surface area contributed by atoms with Crippen molar-refractivity contribution in [1.82, 2.24) is 30.4 Å². The van der Waals surface area contributed by atoms with Crippen LogP contribution >= 0.6 is 0 Å². The maximum absolute atomic E-state index is 14.2. The highest BCUT2D eigenvalue weighted by molar-refractivity contribution is 6.04. The molecule has 3 N–H and O–H groups in total. The van der Waals surface area contributed by atoms with Gasteiger partial charge in [-0.25, -0.2) is 9.78 Å². The number of rotatable bonds is 12. The van der Waals surface area contributed by atoms with Crippen LogP contribution in [-0.2, 0) is 31.0 Å². The van der Waals surface area contributed by atoms with Gasteiger partial charge in [-0.3, -0.25) is 14.6 Å². The van der Waals surface area contributed by atoms with Gasteiger partial charge in [0.1, 0.15) is 23.4 Å². The molecule has 60 heavy (non-hydrogen) atoms. The summed E-state index contributed by atoms with van der Waals surface area (Å²) >= 11 is 0. The highest BCUT2D eigenvalue weighted by Gasteiger charge is 2.58. The number of hydrogen-bond donors (Lipinski definition) is 3. The van der Waals surface area contributed by atoms with Crippen molar-refractivity contribution in [2.45, 2.75) is 95.8 Å². The largest absolute Gasteiger partial charge is 0.483 e. The van der Waals surface area contributed by atoms with Crippen molar-refractivity contribution in [2.75, 3.05) is 27.3 Å². The number of hydrogen-bond acceptors (Lipinski definition) is 8. The van der Waals surface area contributed by atoms with E-state index in [1.54, 1.807) is 7.11 Å². The molecule has 5 aliphatic rings. The van der Waals surface area contributed by atoms with E-state index in [1.807, 2.05) is 18.7 Å². The number of carbonyl (C=O) groups excluding carboxylic acids is 3. The first-order valence-corrected chi connectivity index (χ1v) is 21.6. The number of aliphatic imine (C=N–C) groups is 1. The van der Waals surface area contributed by atoms with Gasteiger partial charge in [-0.05, 0) is 121 Å². The van der Waals surface area contributed by atoms with Gasteiger partial charge in [-0.15, -0.1) is 0 Å². The van der Waals surface area contributed by atoms with E-state index in [0.29, 0.717) is 24.3 Å². The average Bonchev–Trinajstić information content (AvgIpc) is 4.12. The maximum Gasteiger partial charge on any atom is 0.407 e. The molecule has 4 fully saturated rings. The molecular formula is C48H57N7O5. The summed E-state index contributed by atoms with van der Waals surface area (Å²) in [6.45, 7) is 13.3. The Morgan fingerprint density at radius 2 is 1.33 bits per heavy atom. The lowest BCUT2D eigenvalue weighted by Gasteiger charge is -2.41. The zero-order valence-electron chi connectivity index (χ0n) is 35.6. The molecule has 0 spiro atoms. The minimum atomic E-state index is -0.682. The number of ether oxygens (including phenoxy) is 2. The minimum Gasteiger partial charge on any atom is -0.483 e. The molecule has 12 nitrogen and oxygen atoms in total. The fourth-order valence-corrected chi connectivity index (χ4v) is 11.0. The predicted molar refractivity (Wildman–Crippen MR) is 232 cm³/mol. The van der Waals surface area contributed by atoms with E-state index in [-0.39, 0.29) is 29.2 Å². The molecule has 2 aliphatic carbocycles. The van der Waals surface area contributed by atoms with E-state index in [1.165, 1.54) is 12.7 Å². The highest BCUT2D eigenvalue weighted by atomic mass is 16.5. The van der Waals surface area contributed by atoms with Crippen LogP contribution in [0.25, 0.3) is 33.3 Å². The third-order valence-corrected chi connectivity index (χ3v) is 14.2. The summed E-state index contributed by atoms with van der Waals surface area (Å²) in [5.41, 5.74) is 8.65. The Balaban J connectivity index is 0.916. The van der Waals surface area contributed by atoms with Crippen LogP contribution in [0.5, 0.6) is 0 Å². The molecule has 0 unspecified atom stereocenters. The van der Waals surface area contributed by atoms with Gasteiger partial charge in [0.2, 0.25) is 11.8 Å². The number of benzene rings is 3. The number of methoxy groups -OCH3 is 2. The van der Waals surface area contributed by atoms with E-state index in [0.717, 1.165) is 102 Å². The molecule has 1 aromatic heterocycles. The van der Waals surface area contributed by atoms with Crippen LogP contribution in [0.2, 0.25) is 0 Å². The molecule has 3 aromatic carbocycles. The summed E-state index contributed by atoms with van der Waals surface area (Å²) in [6.07, 6.45) is 5.90. The maximum atomic E-state index is 14.2. The van der Waals surface area contributed by atoms with Gasteiger partial charge in [0.05, 0.1) is 36.5 Å². The number of carbonyl (C=O) groups is 3. The number of likely N-dealkylation sites (tertiary alicyclic amines) is 2. The Morgan fingerprint density at radius 1 is 0.767 bits per heavy atom. The van der Waals surface area contributed by atoms with Gasteiger partial charge in [0.15, 0.2) is 5.88 Å². The lowest BCUT2D eigenvalue weighted by atomic mass is 9.86. The highest BCUT2D eigenvalue weighted by Crippen LogP contribution is 2.53. The number of alkyl carbamates (subject to hydrolysis) is 1. The Kier molecular flexibility index (Phi) is 10.0. The SMILES string of the molecule is C=C(N[C@H](C(=O)N1C[C@H]2CC[C@@]1(C1=Nc3ccc(-c4ccc(-c5ccc6nc([C@@]78CC[C@H](CN7C(=O)[C@@H](NC(=O)OC)C(C)C)C8)[nH]c6c5)cc4)cc3C1)C2)C(C)C)OC. The molecule has 4 heterocycles. The fraction of sp³-hybridized carbons (Fsp3) is 0.479. The first kappa shape index (κ1) is 39.8. The Hall–Kier alpha value is -5.65. The molecule has 12 heteroatoms. The summed E-state index contributed by atoms with van der Waals surface area (Å²) in [7, 11) is 2.88. The number of aromatic amines is 1. The molecule has 314 valence electrons. The molecule has 3 aliphatic heterocycles. The van der Waals surface area contributed by atoms with Crippen molar-refractivity contribution < 1.29 is 23.9 Å². The van der Waals surface area contributed by atoms with Crippen LogP contribution in [-0.4, -0.2) is 88.3 Å². The summed E-state index contributed by atoms with van der Waals surface area (Å²) < 4.78 is 10.1. The van der Waals surface area contributed by atoms with Gasteiger partial charge in [0, 0.05) is 25.2 Å². The monoisotopic (exact) mass is 811 g/mol. The first-order valence-electron chi connectivity index (χ1n) is 21.6. The van der Waals surface area contributed by atoms with Gasteiger partial charge < -0.3 is 34.9 Å². The van der Waals surface area contributed by atoms with Crippen molar-refractivity contribution in [2.24, 2.45) is 28.7 Å². The number of imidazole rings is 1. The van der Waals surface area contributed by atoms with Crippen LogP contribution in [0.3, 0.4) is 0 Å². The van der Waals surface area contributed by atoms with Crippen LogP contribution < -0.4 is 10.6 Å². The fourth-order valence-electron chi connectivity index (χ4n) is 11.0. The third kappa shape index (κ3) is 6.62. The first-order chi connectivity index (χ1) is 28.8. The predicted octanol–water partition coefficient (Wildman–Crippen LogP) is 7.86. The minimum absolute atomic E-state index is 0.0720. The van der Waals surface area contributed by atoms with Crippen LogP contribution in [0.1, 0.15) is 77.6 Å². The molecule has 2 saturated carbocycles. The topological polar surface area (TPSA) is 141 Å². The number of amides is 3. The second kappa shape index (κ2) is 15.1. The van der Waals surface area contributed by atoms with Gasteiger partial charge in [-0.2, -0.15) is 0 Å². The number of H-pyrrole nitrogens is 1. The van der Waals surface area contributed by atoms with Gasteiger partial charge in [-0.1, -0.05) is 64.1 Å². The van der Waals surface area contributed by atoms with Crippen LogP contribution in [0.4, 0.5) is 10.5 Å². The normalized spacial score (nSPS) is 24.8. The standard InChI is InChI=1S/C48H57N7O5/c1-27(2)41(49-29(5)59-6)43(56)54-25-30-16-18-47(54,23-30)40-22-36-20-34(12-14-37(36)50-40)32-8-10-33(11-9-32)35-13-15-38-39(21-35)52-45(51-38)48-19-17-31(24-48)26-55(48)44(57)42(28(3)4)53-46(58)60-7/h8-15,20-21,27-28,30-31,41-42,49H,5,16-19,22-26H2,1-4,6-7H3,(H,51,52)(H,53,58)/t30-,31-,41-,42-,47-,48-/m0/s1. The lowest BCUT2D eigenvalue weighted by Crippen LogP contribution is -2.59. The molecular weight excluding hydrogens is 755 g/mol. The van der Waals surface area contributed by atoms with Crippen molar-refractivity contribution in [3.8, 4) is 22.3 Å². The summed E-state index contributed by atoms with van der Waals surface area (Å²) in [5.74, 6) is 2.09. The van der Waals surface area contributed by atoms with Crippen molar-refractivity contribution in [3.63, 3.8) is 0 Å². The third-order valence-electron chi connectivity index (χ3n) is 14.2. The summed E-state index contributed by atoms with van der Waals surface area (Å²) in [4.78, 5) is 58.4. The number of nitrogens with zero attached hydrogens (tertiary/aromatic N) is 4. The summed E-state index contributed by atoms with van der Waals surface area (Å²) in [6, 6.07) is 20.4.